The summed E-state index contributed by atoms with van der Waals surface area (Å²) in [7, 11) is 0. The van der Waals surface area contributed by atoms with Crippen molar-refractivity contribution < 1.29 is 23.8 Å². The molecular formula is C16H16BrN5O5. The van der Waals surface area contributed by atoms with E-state index in [0.29, 0.717) is 11.0 Å². The lowest BCUT2D eigenvalue weighted by atomic mass is 10.2. The number of nitrogens with zero attached hydrogens (tertiary/aromatic N) is 4. The van der Waals surface area contributed by atoms with Gasteiger partial charge < -0.3 is 24.5 Å². The number of anilines is 1. The third-order valence-corrected chi connectivity index (χ3v) is 5.16. The van der Waals surface area contributed by atoms with Gasteiger partial charge in [0.25, 0.3) is 0 Å². The molecule has 2 aromatic rings. The number of ether oxygens (including phenoxy) is 3. The summed E-state index contributed by atoms with van der Waals surface area (Å²) >= 11 is 3.46. The van der Waals surface area contributed by atoms with Crippen molar-refractivity contribution in [2.75, 3.05) is 12.3 Å². The van der Waals surface area contributed by atoms with Crippen LogP contribution in [0.5, 0.6) is 0 Å². The molecule has 0 bridgehead atoms. The highest BCUT2D eigenvalue weighted by molar-refractivity contribution is 9.09. The van der Waals surface area contributed by atoms with Crippen LogP contribution in [0.15, 0.2) is 12.5 Å². The number of nitriles is 1. The molecule has 3 heterocycles. The highest BCUT2D eigenvalue weighted by Gasteiger charge is 2.47. The predicted molar refractivity (Wildman–Crippen MR) is 95.5 cm³/mol. The van der Waals surface area contributed by atoms with Crippen molar-refractivity contribution in [1.82, 2.24) is 14.5 Å². The Bertz CT molecular complexity index is 939. The molecule has 0 saturated carbocycles. The number of nitrogens with two attached hydrogens (primary N) is 1. The number of rotatable bonds is 4. The second-order valence-corrected chi connectivity index (χ2v) is 6.96. The molecule has 11 heteroatoms. The number of carbonyl (C=O) groups is 2. The Hall–Kier alpha value is -2.71. The van der Waals surface area contributed by atoms with E-state index in [4.69, 9.17) is 19.9 Å². The number of nitrogen functional groups attached to an aromatic ring is 1. The Morgan fingerprint density at radius 1 is 1.41 bits per heavy atom. The number of halogens is 1. The summed E-state index contributed by atoms with van der Waals surface area (Å²) in [6.07, 6.45) is 0.655. The van der Waals surface area contributed by atoms with Gasteiger partial charge in [-0.25, -0.2) is 9.97 Å². The van der Waals surface area contributed by atoms with Gasteiger partial charge in [0.15, 0.2) is 12.3 Å². The molecule has 0 aromatic carbocycles. The molecule has 10 nitrogen and oxygen atoms in total. The summed E-state index contributed by atoms with van der Waals surface area (Å²) in [5.41, 5.74) is 6.52. The van der Waals surface area contributed by atoms with Gasteiger partial charge in [-0.05, 0) is 0 Å². The van der Waals surface area contributed by atoms with E-state index >= 15 is 0 Å². The molecule has 2 aromatic heterocycles. The minimum Gasteiger partial charge on any atom is -0.463 e. The van der Waals surface area contributed by atoms with Crippen LogP contribution in [0, 0.1) is 11.3 Å². The van der Waals surface area contributed by atoms with Crippen LogP contribution < -0.4 is 5.73 Å². The monoisotopic (exact) mass is 437 g/mol. The highest BCUT2D eigenvalue weighted by atomic mass is 79.9. The Balaban J connectivity index is 2.04. The molecule has 1 aliphatic heterocycles. The first-order valence-electron chi connectivity index (χ1n) is 7.94. The molecule has 0 amide bonds. The van der Waals surface area contributed by atoms with Crippen LogP contribution in [-0.2, 0) is 23.8 Å². The molecule has 142 valence electrons. The highest BCUT2D eigenvalue weighted by Crippen LogP contribution is 2.39. The number of aromatic nitrogens is 3. The van der Waals surface area contributed by atoms with E-state index in [9.17, 15) is 14.9 Å². The molecular weight excluding hydrogens is 422 g/mol. The topological polar surface area (TPSA) is 142 Å². The lowest BCUT2D eigenvalue weighted by Gasteiger charge is -2.21. The fourth-order valence-corrected chi connectivity index (χ4v) is 3.60. The van der Waals surface area contributed by atoms with E-state index in [2.05, 4.69) is 25.9 Å². The fraction of sp³-hybridized carbons (Fsp3) is 0.438. The van der Waals surface area contributed by atoms with E-state index in [0.717, 1.165) is 0 Å². The lowest BCUT2D eigenvalue weighted by Crippen LogP contribution is -2.33. The van der Waals surface area contributed by atoms with Gasteiger partial charge in [0, 0.05) is 20.0 Å². The first kappa shape index (κ1) is 19.1. The van der Waals surface area contributed by atoms with Crippen molar-refractivity contribution in [1.29, 1.82) is 5.26 Å². The molecule has 1 aliphatic rings. The molecule has 2 N–H and O–H groups in total. The van der Waals surface area contributed by atoms with Crippen molar-refractivity contribution in [3.63, 3.8) is 0 Å². The molecule has 1 saturated heterocycles. The number of carbonyl (C=O) groups excluding carboxylic acids is 2. The van der Waals surface area contributed by atoms with Gasteiger partial charge in [0.2, 0.25) is 0 Å². The standard InChI is InChI=1S/C16H16BrN5O5/c1-7(23)25-5-10-12(17)13(26-8(2)24)16(27-10)22-4-9(3-18)11-14(19)20-6-21-15(11)22/h4,6,10,12-13,16H,5H2,1-2H3,(H2,19,20,21)/t10-,12+,13-,16-/m1/s1. The molecule has 3 rings (SSSR count). The number of esters is 2. The van der Waals surface area contributed by atoms with Crippen LogP contribution in [0.1, 0.15) is 25.6 Å². The van der Waals surface area contributed by atoms with Gasteiger partial charge in [-0.1, -0.05) is 15.9 Å². The molecule has 27 heavy (non-hydrogen) atoms. The Labute approximate surface area is 162 Å². The average molecular weight is 438 g/mol. The van der Waals surface area contributed by atoms with Gasteiger partial charge in [-0.15, -0.1) is 0 Å². The van der Waals surface area contributed by atoms with Gasteiger partial charge in [-0.3, -0.25) is 9.59 Å². The number of hydrogen-bond donors (Lipinski definition) is 1. The maximum Gasteiger partial charge on any atom is 0.303 e. The van der Waals surface area contributed by atoms with E-state index in [-0.39, 0.29) is 18.0 Å². The van der Waals surface area contributed by atoms with Crippen molar-refractivity contribution in [2.24, 2.45) is 0 Å². The smallest absolute Gasteiger partial charge is 0.303 e. The zero-order valence-electron chi connectivity index (χ0n) is 14.5. The Morgan fingerprint density at radius 2 is 2.15 bits per heavy atom. The van der Waals surface area contributed by atoms with E-state index in [1.54, 1.807) is 4.57 Å². The average Bonchev–Trinajstić information content (AvgIpc) is 3.12. The maximum atomic E-state index is 11.6. The van der Waals surface area contributed by atoms with Gasteiger partial charge >= 0.3 is 11.9 Å². The molecule has 0 radical (unpaired) electrons. The van der Waals surface area contributed by atoms with Crippen molar-refractivity contribution >= 4 is 44.7 Å². The van der Waals surface area contributed by atoms with Crippen LogP contribution in [-0.4, -0.2) is 50.1 Å². The molecule has 0 aliphatic carbocycles. The second-order valence-electron chi connectivity index (χ2n) is 5.91. The number of alkyl halides is 1. The lowest BCUT2D eigenvalue weighted by molar-refractivity contribution is -0.152. The largest absolute Gasteiger partial charge is 0.463 e. The van der Waals surface area contributed by atoms with Crippen molar-refractivity contribution in [3.8, 4) is 6.07 Å². The van der Waals surface area contributed by atoms with Gasteiger partial charge in [0.1, 0.15) is 36.6 Å². The minimum absolute atomic E-state index is 0.0268. The summed E-state index contributed by atoms with van der Waals surface area (Å²) in [5.74, 6) is -0.800. The normalized spacial score (nSPS) is 24.5. The Kier molecular flexibility index (Phi) is 5.29. The quantitative estimate of drug-likeness (QED) is 0.547. The van der Waals surface area contributed by atoms with Crippen LogP contribution in [0.2, 0.25) is 0 Å². The summed E-state index contributed by atoms with van der Waals surface area (Å²) < 4.78 is 18.0. The summed E-state index contributed by atoms with van der Waals surface area (Å²) in [4.78, 5) is 30.4. The molecule has 0 spiro atoms. The SMILES string of the molecule is CC(=O)OC[C@H]1O[C@@H](n2cc(C#N)c3c(N)ncnc32)[C@H](OC(C)=O)[C@H]1Br. The predicted octanol–water partition coefficient (Wildman–Crippen LogP) is 1.04. The zero-order valence-corrected chi connectivity index (χ0v) is 16.0. The van der Waals surface area contributed by atoms with Crippen LogP contribution in [0.25, 0.3) is 11.0 Å². The first-order chi connectivity index (χ1) is 12.8. The summed E-state index contributed by atoms with van der Waals surface area (Å²) in [6.45, 7) is 2.54. The van der Waals surface area contributed by atoms with Gasteiger partial charge in [0.05, 0.1) is 15.8 Å². The van der Waals surface area contributed by atoms with Crippen LogP contribution in [0.4, 0.5) is 5.82 Å². The summed E-state index contributed by atoms with van der Waals surface area (Å²) in [5, 5.41) is 9.80. The molecule has 4 atom stereocenters. The van der Waals surface area contributed by atoms with Crippen molar-refractivity contribution in [2.45, 2.75) is 37.1 Å². The van der Waals surface area contributed by atoms with Crippen LogP contribution in [0.3, 0.4) is 0 Å². The van der Waals surface area contributed by atoms with E-state index < -0.39 is 35.2 Å². The maximum absolute atomic E-state index is 11.6. The second kappa shape index (κ2) is 7.50. The van der Waals surface area contributed by atoms with E-state index in [1.807, 2.05) is 6.07 Å². The van der Waals surface area contributed by atoms with E-state index in [1.165, 1.54) is 26.4 Å². The number of hydrogen-bond acceptors (Lipinski definition) is 9. The Morgan fingerprint density at radius 3 is 2.78 bits per heavy atom. The third-order valence-electron chi connectivity index (χ3n) is 4.05. The fourth-order valence-electron chi connectivity index (χ4n) is 2.96. The van der Waals surface area contributed by atoms with Crippen molar-refractivity contribution in [3.05, 3.63) is 18.1 Å². The van der Waals surface area contributed by atoms with Crippen LogP contribution >= 0.6 is 15.9 Å². The first-order valence-corrected chi connectivity index (χ1v) is 8.86. The summed E-state index contributed by atoms with van der Waals surface area (Å²) in [6, 6.07) is 2.05. The van der Waals surface area contributed by atoms with Gasteiger partial charge in [-0.2, -0.15) is 5.26 Å². The third kappa shape index (κ3) is 3.58. The molecule has 1 fully saturated rings. The minimum atomic E-state index is -0.808. The number of fused-ring (bicyclic) bond motifs is 1. The molecule has 0 unspecified atom stereocenters. The zero-order chi connectivity index (χ0) is 19.7.